The Balaban J connectivity index is 2.34. The molecule has 3 nitrogen and oxygen atoms in total. The maximum Gasteiger partial charge on any atom is 0.119 e. The van der Waals surface area contributed by atoms with E-state index in [1.165, 1.54) is 5.56 Å². The summed E-state index contributed by atoms with van der Waals surface area (Å²) in [4.78, 5) is 2.34. The molecule has 1 aromatic carbocycles. The number of benzene rings is 1. The first-order valence-corrected chi connectivity index (χ1v) is 6.70. The molecule has 0 amide bonds. The van der Waals surface area contributed by atoms with Gasteiger partial charge >= 0.3 is 0 Å². The van der Waals surface area contributed by atoms with Crippen LogP contribution in [0.5, 0.6) is 5.75 Å². The molecule has 0 saturated heterocycles. The van der Waals surface area contributed by atoms with Gasteiger partial charge in [0.05, 0.1) is 6.10 Å². The van der Waals surface area contributed by atoms with Crippen LogP contribution in [-0.2, 0) is 6.42 Å². The summed E-state index contributed by atoms with van der Waals surface area (Å²) in [5.41, 5.74) is 1.36. The van der Waals surface area contributed by atoms with Crippen molar-refractivity contribution in [1.82, 2.24) is 10.2 Å². The van der Waals surface area contributed by atoms with Gasteiger partial charge in [-0.3, -0.25) is 0 Å². The molecule has 0 bridgehead atoms. The third kappa shape index (κ3) is 6.03. The van der Waals surface area contributed by atoms with Crippen molar-refractivity contribution in [3.63, 3.8) is 0 Å². The van der Waals surface area contributed by atoms with Gasteiger partial charge in [0.2, 0.25) is 0 Å². The van der Waals surface area contributed by atoms with E-state index < -0.39 is 0 Å². The zero-order valence-electron chi connectivity index (χ0n) is 12.1. The van der Waals surface area contributed by atoms with Crippen LogP contribution in [0.3, 0.4) is 0 Å². The van der Waals surface area contributed by atoms with E-state index in [1.54, 1.807) is 0 Å². The van der Waals surface area contributed by atoms with Gasteiger partial charge in [-0.2, -0.15) is 0 Å². The predicted octanol–water partition coefficient (Wildman–Crippen LogP) is 2.17. The fourth-order valence-corrected chi connectivity index (χ4v) is 1.74. The van der Waals surface area contributed by atoms with E-state index in [-0.39, 0.29) is 6.10 Å². The predicted molar refractivity (Wildman–Crippen MR) is 77.3 cm³/mol. The van der Waals surface area contributed by atoms with Crippen LogP contribution in [-0.4, -0.2) is 44.7 Å². The van der Waals surface area contributed by atoms with Crippen LogP contribution in [0, 0.1) is 0 Å². The van der Waals surface area contributed by atoms with E-state index in [0.717, 1.165) is 31.8 Å². The van der Waals surface area contributed by atoms with Gasteiger partial charge < -0.3 is 15.0 Å². The summed E-state index contributed by atoms with van der Waals surface area (Å²) in [6.45, 7) is 7.31. The number of likely N-dealkylation sites (N-methyl/N-ethyl adjacent to an activating group) is 2. The first-order chi connectivity index (χ1) is 8.61. The maximum absolute atomic E-state index is 5.63. The first kappa shape index (κ1) is 15.0. The van der Waals surface area contributed by atoms with Crippen LogP contribution in [0.1, 0.15) is 19.4 Å². The Labute approximate surface area is 111 Å². The van der Waals surface area contributed by atoms with Crippen molar-refractivity contribution in [3.05, 3.63) is 29.8 Å². The average molecular weight is 250 g/mol. The minimum absolute atomic E-state index is 0.239. The summed E-state index contributed by atoms with van der Waals surface area (Å²) in [5, 5.41) is 3.16. The molecule has 1 aromatic rings. The van der Waals surface area contributed by atoms with Gasteiger partial charge in [-0.1, -0.05) is 12.1 Å². The van der Waals surface area contributed by atoms with Crippen LogP contribution in [0.4, 0.5) is 0 Å². The Kier molecular flexibility index (Phi) is 6.76. The van der Waals surface area contributed by atoms with E-state index >= 15 is 0 Å². The fourth-order valence-electron chi connectivity index (χ4n) is 1.74. The second kappa shape index (κ2) is 8.11. The molecule has 0 aliphatic rings. The fraction of sp³-hybridized carbons (Fsp3) is 0.600. The van der Waals surface area contributed by atoms with Gasteiger partial charge in [-0.15, -0.1) is 0 Å². The lowest BCUT2D eigenvalue weighted by atomic mass is 10.1. The van der Waals surface area contributed by atoms with Crippen LogP contribution >= 0.6 is 0 Å². The highest BCUT2D eigenvalue weighted by Gasteiger charge is 2.00. The van der Waals surface area contributed by atoms with Crippen molar-refractivity contribution in [2.75, 3.05) is 33.7 Å². The minimum atomic E-state index is 0.239. The topological polar surface area (TPSA) is 24.5 Å². The Hall–Kier alpha value is -1.06. The number of hydrogen-bond acceptors (Lipinski definition) is 3. The zero-order valence-corrected chi connectivity index (χ0v) is 12.1. The highest BCUT2D eigenvalue weighted by Crippen LogP contribution is 2.14. The molecule has 0 aliphatic heterocycles. The van der Waals surface area contributed by atoms with Gasteiger partial charge in [0.15, 0.2) is 0 Å². The smallest absolute Gasteiger partial charge is 0.119 e. The van der Waals surface area contributed by atoms with Gasteiger partial charge in [0, 0.05) is 19.6 Å². The number of rotatable bonds is 8. The van der Waals surface area contributed by atoms with Crippen LogP contribution in [0.2, 0.25) is 0 Å². The summed E-state index contributed by atoms with van der Waals surface area (Å²) >= 11 is 0. The molecular formula is C15H26N2O. The average Bonchev–Trinajstić information content (AvgIpc) is 2.35. The Morgan fingerprint density at radius 3 is 2.39 bits per heavy atom. The summed E-state index contributed by atoms with van der Waals surface area (Å²) in [6.07, 6.45) is 1.32. The lowest BCUT2D eigenvalue weighted by Crippen LogP contribution is -2.29. The van der Waals surface area contributed by atoms with Crippen LogP contribution in [0.15, 0.2) is 24.3 Å². The van der Waals surface area contributed by atoms with Gasteiger partial charge in [-0.25, -0.2) is 0 Å². The summed E-state index contributed by atoms with van der Waals surface area (Å²) in [5.74, 6) is 0.956. The molecule has 1 N–H and O–H groups in total. The maximum atomic E-state index is 5.63. The van der Waals surface area contributed by atoms with Crippen molar-refractivity contribution in [3.8, 4) is 5.75 Å². The molecule has 3 heteroatoms. The van der Waals surface area contributed by atoms with Crippen molar-refractivity contribution in [2.45, 2.75) is 26.4 Å². The molecule has 0 heterocycles. The van der Waals surface area contributed by atoms with Crippen molar-refractivity contribution >= 4 is 0 Å². The second-order valence-corrected chi connectivity index (χ2v) is 4.97. The Morgan fingerprint density at radius 1 is 1.17 bits per heavy atom. The van der Waals surface area contributed by atoms with E-state index in [1.807, 2.05) is 20.9 Å². The molecule has 0 atom stereocenters. The molecule has 0 spiro atoms. The molecule has 0 aliphatic carbocycles. The first-order valence-electron chi connectivity index (χ1n) is 6.70. The summed E-state index contributed by atoms with van der Waals surface area (Å²) in [6, 6.07) is 8.43. The second-order valence-electron chi connectivity index (χ2n) is 4.97. The van der Waals surface area contributed by atoms with E-state index in [2.05, 4.69) is 41.5 Å². The van der Waals surface area contributed by atoms with Gasteiger partial charge in [-0.05, 0) is 52.1 Å². The molecular weight excluding hydrogens is 224 g/mol. The largest absolute Gasteiger partial charge is 0.491 e. The number of hydrogen-bond donors (Lipinski definition) is 1. The Bertz CT molecular complexity index is 322. The highest BCUT2D eigenvalue weighted by atomic mass is 16.5. The van der Waals surface area contributed by atoms with E-state index in [4.69, 9.17) is 4.74 Å². The molecule has 18 heavy (non-hydrogen) atoms. The molecule has 0 fully saturated rings. The molecule has 102 valence electrons. The summed E-state index contributed by atoms with van der Waals surface area (Å²) in [7, 11) is 4.15. The van der Waals surface area contributed by atoms with E-state index in [0.29, 0.717) is 0 Å². The molecule has 0 radical (unpaired) electrons. The Morgan fingerprint density at radius 2 is 1.83 bits per heavy atom. The van der Waals surface area contributed by atoms with Gasteiger partial charge in [0.25, 0.3) is 0 Å². The van der Waals surface area contributed by atoms with Crippen molar-refractivity contribution in [2.24, 2.45) is 0 Å². The lowest BCUT2D eigenvalue weighted by Gasteiger charge is -2.16. The third-order valence-corrected chi connectivity index (χ3v) is 2.82. The SMILES string of the molecule is CNCCN(C)CCc1ccc(OC(C)C)cc1. The lowest BCUT2D eigenvalue weighted by molar-refractivity contribution is 0.242. The number of nitrogens with zero attached hydrogens (tertiary/aromatic N) is 1. The highest BCUT2D eigenvalue weighted by molar-refractivity contribution is 5.27. The van der Waals surface area contributed by atoms with Crippen LogP contribution in [0.25, 0.3) is 0 Å². The normalized spacial score (nSPS) is 11.2. The number of ether oxygens (including phenoxy) is 1. The van der Waals surface area contributed by atoms with Gasteiger partial charge in [0.1, 0.15) is 5.75 Å². The third-order valence-electron chi connectivity index (χ3n) is 2.82. The molecule has 0 unspecified atom stereocenters. The van der Waals surface area contributed by atoms with Crippen molar-refractivity contribution < 1.29 is 4.74 Å². The molecule has 1 rings (SSSR count). The monoisotopic (exact) mass is 250 g/mol. The quantitative estimate of drug-likeness (QED) is 0.765. The molecule has 0 saturated carbocycles. The standard InChI is InChI=1S/C15H26N2O/c1-13(2)18-15-7-5-14(6-8-15)9-11-17(4)12-10-16-3/h5-8,13,16H,9-12H2,1-4H3. The van der Waals surface area contributed by atoms with Crippen LogP contribution < -0.4 is 10.1 Å². The zero-order chi connectivity index (χ0) is 13.4. The van der Waals surface area contributed by atoms with E-state index in [9.17, 15) is 0 Å². The number of nitrogens with one attached hydrogen (secondary N) is 1. The minimum Gasteiger partial charge on any atom is -0.491 e. The summed E-state index contributed by atoms with van der Waals surface area (Å²) < 4.78 is 5.63. The van der Waals surface area contributed by atoms with Crippen molar-refractivity contribution in [1.29, 1.82) is 0 Å². The molecule has 0 aromatic heterocycles.